The number of piperazine rings is 1. The number of hydrogen-bond donors (Lipinski definition) is 1. The Hall–Kier alpha value is -0.900. The van der Waals surface area contributed by atoms with E-state index in [1.54, 1.807) is 0 Å². The van der Waals surface area contributed by atoms with E-state index in [9.17, 15) is 0 Å². The highest BCUT2D eigenvalue weighted by Gasteiger charge is 2.35. The van der Waals surface area contributed by atoms with E-state index in [-0.39, 0.29) is 0 Å². The summed E-state index contributed by atoms with van der Waals surface area (Å²) in [5.74, 6) is 0. The van der Waals surface area contributed by atoms with Crippen molar-refractivity contribution >= 4 is 0 Å². The van der Waals surface area contributed by atoms with Gasteiger partial charge in [0.25, 0.3) is 0 Å². The van der Waals surface area contributed by atoms with Crippen LogP contribution in [0.2, 0.25) is 0 Å². The Morgan fingerprint density at radius 3 is 2.81 bits per heavy atom. The largest absolute Gasteiger partial charge is 0.312 e. The molecule has 21 heavy (non-hydrogen) atoms. The third kappa shape index (κ3) is 2.87. The van der Waals surface area contributed by atoms with Crippen LogP contribution in [0.3, 0.4) is 0 Å². The second-order valence-corrected chi connectivity index (χ2v) is 6.61. The zero-order valence-electron chi connectivity index (χ0n) is 13.7. The van der Waals surface area contributed by atoms with Crippen molar-refractivity contribution in [3.8, 4) is 0 Å². The Morgan fingerprint density at radius 2 is 2.05 bits per heavy atom. The lowest BCUT2D eigenvalue weighted by Crippen LogP contribution is -2.57. The number of fused-ring (bicyclic) bond motifs is 1. The molecular weight excluding hydrogens is 258 g/mol. The zero-order chi connectivity index (χ0) is 14.8. The average molecular weight is 287 g/mol. The van der Waals surface area contributed by atoms with Crippen molar-refractivity contribution in [3.63, 3.8) is 0 Å². The fourth-order valence-electron chi connectivity index (χ4n) is 4.20. The third-order valence-electron chi connectivity index (χ3n) is 5.54. The van der Waals surface area contributed by atoms with Gasteiger partial charge in [0, 0.05) is 37.8 Å². The number of nitrogens with one attached hydrogen (secondary N) is 1. The SMILES string of the molecule is CCC1CN(C2CCc3ccccc3C2NC)CCN1C. The summed E-state index contributed by atoms with van der Waals surface area (Å²) in [6.07, 6.45) is 3.76. The summed E-state index contributed by atoms with van der Waals surface area (Å²) in [7, 11) is 4.39. The maximum Gasteiger partial charge on any atom is 0.0478 e. The molecule has 1 fully saturated rings. The van der Waals surface area contributed by atoms with E-state index < -0.39 is 0 Å². The van der Waals surface area contributed by atoms with E-state index in [1.807, 2.05) is 0 Å². The molecule has 0 saturated carbocycles. The molecule has 1 aromatic carbocycles. The van der Waals surface area contributed by atoms with E-state index in [0.717, 1.165) is 0 Å². The fraction of sp³-hybridized carbons (Fsp3) is 0.667. The van der Waals surface area contributed by atoms with Crippen molar-refractivity contribution in [2.24, 2.45) is 0 Å². The highest BCUT2D eigenvalue weighted by Crippen LogP contribution is 2.33. The smallest absolute Gasteiger partial charge is 0.0478 e. The molecule has 3 nitrogen and oxygen atoms in total. The van der Waals surface area contributed by atoms with Gasteiger partial charge in [-0.2, -0.15) is 0 Å². The second-order valence-electron chi connectivity index (χ2n) is 6.61. The lowest BCUT2D eigenvalue weighted by atomic mass is 9.82. The molecule has 1 aliphatic heterocycles. The number of rotatable bonds is 3. The molecule has 1 heterocycles. The number of aryl methyl sites for hydroxylation is 1. The minimum atomic E-state index is 0.482. The van der Waals surface area contributed by atoms with Crippen LogP contribution < -0.4 is 5.32 Å². The first kappa shape index (κ1) is 15.0. The zero-order valence-corrected chi connectivity index (χ0v) is 13.7. The molecular formula is C18H29N3. The van der Waals surface area contributed by atoms with Crippen LogP contribution in [0.5, 0.6) is 0 Å². The van der Waals surface area contributed by atoms with E-state index >= 15 is 0 Å². The summed E-state index contributed by atoms with van der Waals surface area (Å²) in [4.78, 5) is 5.27. The Morgan fingerprint density at radius 1 is 1.24 bits per heavy atom. The van der Waals surface area contributed by atoms with Gasteiger partial charge in [-0.25, -0.2) is 0 Å². The number of hydrogen-bond acceptors (Lipinski definition) is 3. The van der Waals surface area contributed by atoms with Gasteiger partial charge in [0.2, 0.25) is 0 Å². The summed E-state index contributed by atoms with van der Waals surface area (Å²) in [5.41, 5.74) is 3.05. The molecule has 116 valence electrons. The Balaban J connectivity index is 1.80. The standard InChI is InChI=1S/C18H29N3/c1-4-15-13-21(12-11-20(15)3)17-10-9-14-7-5-6-8-16(14)18(17)19-2/h5-8,15,17-19H,4,9-13H2,1-3H3. The molecule has 0 aromatic heterocycles. The first-order chi connectivity index (χ1) is 10.2. The van der Waals surface area contributed by atoms with Crippen LogP contribution in [-0.2, 0) is 6.42 Å². The van der Waals surface area contributed by atoms with Crippen molar-refractivity contribution < 1.29 is 0 Å². The normalized spacial score (nSPS) is 31.1. The van der Waals surface area contributed by atoms with Gasteiger partial charge in [-0.1, -0.05) is 31.2 Å². The van der Waals surface area contributed by atoms with Gasteiger partial charge < -0.3 is 10.2 Å². The number of likely N-dealkylation sites (N-methyl/N-ethyl adjacent to an activating group) is 2. The number of benzene rings is 1. The van der Waals surface area contributed by atoms with E-state index in [0.29, 0.717) is 18.1 Å². The predicted octanol–water partition coefficient (Wildman–Crippen LogP) is 2.29. The summed E-state index contributed by atoms with van der Waals surface area (Å²) >= 11 is 0. The third-order valence-corrected chi connectivity index (χ3v) is 5.54. The summed E-state index contributed by atoms with van der Waals surface area (Å²) in [6, 6.07) is 10.8. The minimum Gasteiger partial charge on any atom is -0.312 e. The molecule has 0 amide bonds. The van der Waals surface area contributed by atoms with Crippen LogP contribution in [-0.4, -0.2) is 55.6 Å². The first-order valence-electron chi connectivity index (χ1n) is 8.44. The first-order valence-corrected chi connectivity index (χ1v) is 8.44. The molecule has 2 aliphatic rings. The highest BCUT2D eigenvalue weighted by atomic mass is 15.3. The molecule has 0 spiro atoms. The summed E-state index contributed by atoms with van der Waals surface area (Å²) in [5, 5.41) is 3.60. The molecule has 1 aromatic rings. The minimum absolute atomic E-state index is 0.482. The molecule has 1 N–H and O–H groups in total. The van der Waals surface area contributed by atoms with Crippen LogP contribution in [0, 0.1) is 0 Å². The highest BCUT2D eigenvalue weighted by molar-refractivity contribution is 5.34. The van der Waals surface area contributed by atoms with Crippen molar-refractivity contribution in [1.82, 2.24) is 15.1 Å². The van der Waals surface area contributed by atoms with Crippen LogP contribution in [0.15, 0.2) is 24.3 Å². The molecule has 3 rings (SSSR count). The van der Waals surface area contributed by atoms with Crippen molar-refractivity contribution in [3.05, 3.63) is 35.4 Å². The van der Waals surface area contributed by atoms with Crippen LogP contribution in [0.25, 0.3) is 0 Å². The van der Waals surface area contributed by atoms with Crippen LogP contribution in [0.1, 0.15) is 36.9 Å². The van der Waals surface area contributed by atoms with Gasteiger partial charge in [-0.05, 0) is 44.5 Å². The summed E-state index contributed by atoms with van der Waals surface area (Å²) in [6.45, 7) is 5.94. The monoisotopic (exact) mass is 287 g/mol. The van der Waals surface area contributed by atoms with E-state index in [1.165, 1.54) is 50.0 Å². The van der Waals surface area contributed by atoms with Gasteiger partial charge in [0.1, 0.15) is 0 Å². The van der Waals surface area contributed by atoms with Gasteiger partial charge in [-0.15, -0.1) is 0 Å². The Kier molecular flexibility index (Phi) is 4.63. The Bertz CT molecular complexity index is 473. The quantitative estimate of drug-likeness (QED) is 0.920. The van der Waals surface area contributed by atoms with Crippen molar-refractivity contribution in [2.45, 2.75) is 44.3 Å². The topological polar surface area (TPSA) is 18.5 Å². The lowest BCUT2D eigenvalue weighted by molar-refractivity contribution is 0.0434. The Labute approximate surface area is 129 Å². The van der Waals surface area contributed by atoms with Crippen molar-refractivity contribution in [1.29, 1.82) is 0 Å². The molecule has 1 saturated heterocycles. The van der Waals surface area contributed by atoms with E-state index in [4.69, 9.17) is 0 Å². The molecule has 1 aliphatic carbocycles. The van der Waals surface area contributed by atoms with E-state index in [2.05, 4.69) is 60.4 Å². The van der Waals surface area contributed by atoms with Crippen molar-refractivity contribution in [2.75, 3.05) is 33.7 Å². The maximum absolute atomic E-state index is 3.60. The van der Waals surface area contributed by atoms with Crippen LogP contribution >= 0.6 is 0 Å². The molecule has 3 heteroatoms. The predicted molar refractivity (Wildman–Crippen MR) is 88.6 cm³/mol. The van der Waals surface area contributed by atoms with Gasteiger partial charge in [-0.3, -0.25) is 4.90 Å². The lowest BCUT2D eigenvalue weighted by Gasteiger charge is -2.47. The molecule has 0 bridgehead atoms. The molecule has 0 radical (unpaired) electrons. The van der Waals surface area contributed by atoms with Gasteiger partial charge >= 0.3 is 0 Å². The van der Waals surface area contributed by atoms with Gasteiger partial charge in [0.05, 0.1) is 0 Å². The second kappa shape index (κ2) is 6.47. The van der Waals surface area contributed by atoms with Crippen LogP contribution in [0.4, 0.5) is 0 Å². The maximum atomic E-state index is 3.60. The summed E-state index contributed by atoms with van der Waals surface area (Å²) < 4.78 is 0. The number of nitrogens with zero attached hydrogens (tertiary/aromatic N) is 2. The average Bonchev–Trinajstić information content (AvgIpc) is 2.54. The van der Waals surface area contributed by atoms with Gasteiger partial charge in [0.15, 0.2) is 0 Å². The fourth-order valence-corrected chi connectivity index (χ4v) is 4.20. The molecule has 3 atom stereocenters. The molecule has 3 unspecified atom stereocenters.